The van der Waals surface area contributed by atoms with E-state index in [1.54, 1.807) is 7.11 Å². The molecule has 1 unspecified atom stereocenters. The van der Waals surface area contributed by atoms with Crippen LogP contribution in [0.15, 0.2) is 53.0 Å². The summed E-state index contributed by atoms with van der Waals surface area (Å²) >= 11 is 3.40. The van der Waals surface area contributed by atoms with Gasteiger partial charge in [-0.2, -0.15) is 0 Å². The van der Waals surface area contributed by atoms with Crippen molar-refractivity contribution in [2.75, 3.05) is 43.5 Å². The number of piperazine rings is 1. The van der Waals surface area contributed by atoms with Crippen molar-refractivity contribution in [2.45, 2.75) is 13.0 Å². The van der Waals surface area contributed by atoms with Crippen molar-refractivity contribution in [3.8, 4) is 5.75 Å². The number of ether oxygens (including phenoxy) is 1. The minimum Gasteiger partial charge on any atom is -0.497 e. The van der Waals surface area contributed by atoms with Gasteiger partial charge >= 0.3 is 0 Å². The third-order valence-corrected chi connectivity index (χ3v) is 5.32. The molecule has 0 radical (unpaired) electrons. The van der Waals surface area contributed by atoms with Gasteiger partial charge in [0.1, 0.15) is 5.75 Å². The summed E-state index contributed by atoms with van der Waals surface area (Å²) in [5.41, 5.74) is 2.01. The van der Waals surface area contributed by atoms with Gasteiger partial charge in [0, 0.05) is 42.0 Å². The first kappa shape index (κ1) is 18.7. The molecule has 1 atom stereocenters. The zero-order valence-electron chi connectivity index (χ0n) is 15.1. The number of nitrogens with zero attached hydrogens (tertiary/aromatic N) is 2. The predicted molar refractivity (Wildman–Crippen MR) is 109 cm³/mol. The van der Waals surface area contributed by atoms with Crippen LogP contribution in [0.1, 0.15) is 6.92 Å². The molecule has 0 aliphatic carbocycles. The largest absolute Gasteiger partial charge is 0.497 e. The second kappa shape index (κ2) is 8.56. The van der Waals surface area contributed by atoms with Crippen LogP contribution in [-0.2, 0) is 4.79 Å². The maximum absolute atomic E-state index is 12.5. The summed E-state index contributed by atoms with van der Waals surface area (Å²) in [5.74, 6) is 0.899. The lowest BCUT2D eigenvalue weighted by Gasteiger charge is -2.38. The Hall–Kier alpha value is -2.05. The zero-order chi connectivity index (χ0) is 18.5. The molecule has 0 aromatic heterocycles. The molecule has 26 heavy (non-hydrogen) atoms. The molecule has 2 aromatic rings. The standard InChI is InChI=1S/C20H24BrN3O2/c1-15(20(25)22-17-5-3-16(21)4-6-17)23-11-13-24(14-12-23)18-7-9-19(26-2)10-8-18/h3-10,15H,11-14H2,1-2H3,(H,22,25). The van der Waals surface area contributed by atoms with Gasteiger partial charge in [0.05, 0.1) is 13.2 Å². The number of hydrogen-bond acceptors (Lipinski definition) is 4. The molecule has 1 N–H and O–H groups in total. The van der Waals surface area contributed by atoms with Crippen LogP contribution < -0.4 is 15.0 Å². The fourth-order valence-corrected chi connectivity index (χ4v) is 3.37. The summed E-state index contributed by atoms with van der Waals surface area (Å²) in [5, 5.41) is 2.99. The molecule has 0 bridgehead atoms. The van der Waals surface area contributed by atoms with Gasteiger partial charge in [-0.05, 0) is 55.5 Å². The molecule has 1 fully saturated rings. The van der Waals surface area contributed by atoms with E-state index in [9.17, 15) is 4.79 Å². The van der Waals surface area contributed by atoms with Crippen molar-refractivity contribution in [3.05, 3.63) is 53.0 Å². The fourth-order valence-electron chi connectivity index (χ4n) is 3.11. The van der Waals surface area contributed by atoms with Crippen molar-refractivity contribution in [3.63, 3.8) is 0 Å². The average Bonchev–Trinajstić information content (AvgIpc) is 2.69. The summed E-state index contributed by atoms with van der Waals surface area (Å²) in [6.45, 7) is 5.50. The van der Waals surface area contributed by atoms with Crippen molar-refractivity contribution in [1.29, 1.82) is 0 Å². The Labute approximate surface area is 163 Å². The van der Waals surface area contributed by atoms with E-state index < -0.39 is 0 Å². The van der Waals surface area contributed by atoms with Crippen molar-refractivity contribution < 1.29 is 9.53 Å². The third kappa shape index (κ3) is 4.56. The monoisotopic (exact) mass is 417 g/mol. The Morgan fingerprint density at radius 3 is 2.23 bits per heavy atom. The zero-order valence-corrected chi connectivity index (χ0v) is 16.7. The topological polar surface area (TPSA) is 44.8 Å². The number of anilines is 2. The Balaban J connectivity index is 1.53. The van der Waals surface area contributed by atoms with E-state index in [1.165, 1.54) is 5.69 Å². The minimum atomic E-state index is -0.156. The number of benzene rings is 2. The van der Waals surface area contributed by atoms with E-state index in [0.29, 0.717) is 0 Å². The first-order chi connectivity index (χ1) is 12.6. The summed E-state index contributed by atoms with van der Waals surface area (Å²) in [6, 6.07) is 15.6. The highest BCUT2D eigenvalue weighted by Crippen LogP contribution is 2.21. The Morgan fingerprint density at radius 1 is 1.04 bits per heavy atom. The van der Waals surface area contributed by atoms with Crippen LogP contribution >= 0.6 is 15.9 Å². The first-order valence-corrected chi connectivity index (χ1v) is 9.55. The van der Waals surface area contributed by atoms with Crippen molar-refractivity contribution >= 4 is 33.2 Å². The van der Waals surface area contributed by atoms with Crippen LogP contribution in [0, 0.1) is 0 Å². The maximum Gasteiger partial charge on any atom is 0.241 e. The predicted octanol–water partition coefficient (Wildman–Crippen LogP) is 3.61. The van der Waals surface area contributed by atoms with E-state index >= 15 is 0 Å². The lowest BCUT2D eigenvalue weighted by atomic mass is 10.2. The molecule has 0 saturated carbocycles. The highest BCUT2D eigenvalue weighted by Gasteiger charge is 2.25. The SMILES string of the molecule is COc1ccc(N2CCN(C(C)C(=O)Nc3ccc(Br)cc3)CC2)cc1. The van der Waals surface area contributed by atoms with Gasteiger partial charge in [-0.15, -0.1) is 0 Å². The fraction of sp³-hybridized carbons (Fsp3) is 0.350. The molecule has 5 nitrogen and oxygen atoms in total. The van der Waals surface area contributed by atoms with Gasteiger partial charge < -0.3 is 15.0 Å². The number of carbonyl (C=O) groups is 1. The quantitative estimate of drug-likeness (QED) is 0.806. The molecule has 0 spiro atoms. The molecule has 1 saturated heterocycles. The molecule has 2 aromatic carbocycles. The average molecular weight is 418 g/mol. The van der Waals surface area contributed by atoms with E-state index in [1.807, 2.05) is 43.3 Å². The first-order valence-electron chi connectivity index (χ1n) is 8.76. The number of methoxy groups -OCH3 is 1. The van der Waals surface area contributed by atoms with Gasteiger partial charge in [0.15, 0.2) is 0 Å². The number of nitrogens with one attached hydrogen (secondary N) is 1. The Kier molecular flexibility index (Phi) is 6.16. The highest BCUT2D eigenvalue weighted by atomic mass is 79.9. The summed E-state index contributed by atoms with van der Waals surface area (Å²) in [7, 11) is 1.68. The lowest BCUT2D eigenvalue weighted by Crippen LogP contribution is -2.52. The van der Waals surface area contributed by atoms with Crippen LogP contribution in [0.25, 0.3) is 0 Å². The second-order valence-corrected chi connectivity index (χ2v) is 7.31. The molecular formula is C20H24BrN3O2. The molecule has 6 heteroatoms. The maximum atomic E-state index is 12.5. The summed E-state index contributed by atoms with van der Waals surface area (Å²) < 4.78 is 6.21. The minimum absolute atomic E-state index is 0.0326. The van der Waals surface area contributed by atoms with Gasteiger partial charge in [0.25, 0.3) is 0 Å². The van der Waals surface area contributed by atoms with Crippen molar-refractivity contribution in [1.82, 2.24) is 4.90 Å². The second-order valence-electron chi connectivity index (χ2n) is 6.39. The Bertz CT molecular complexity index is 726. The molecule has 1 aliphatic heterocycles. The lowest BCUT2D eigenvalue weighted by molar-refractivity contribution is -0.120. The molecule has 3 rings (SSSR count). The molecule has 1 heterocycles. The van der Waals surface area contributed by atoms with Gasteiger partial charge in [0.2, 0.25) is 5.91 Å². The molecule has 1 aliphatic rings. The molecule has 138 valence electrons. The van der Waals surface area contributed by atoms with Crippen LogP contribution in [0.2, 0.25) is 0 Å². The number of rotatable bonds is 5. The number of halogens is 1. The van der Waals surface area contributed by atoms with Gasteiger partial charge in [-0.1, -0.05) is 15.9 Å². The van der Waals surface area contributed by atoms with Gasteiger partial charge in [-0.25, -0.2) is 0 Å². The number of carbonyl (C=O) groups excluding carboxylic acids is 1. The van der Waals surface area contributed by atoms with Crippen LogP contribution in [-0.4, -0.2) is 50.1 Å². The highest BCUT2D eigenvalue weighted by molar-refractivity contribution is 9.10. The molecular weight excluding hydrogens is 394 g/mol. The normalized spacial score (nSPS) is 16.2. The Morgan fingerprint density at radius 2 is 1.65 bits per heavy atom. The number of hydrogen-bond donors (Lipinski definition) is 1. The van der Waals surface area contributed by atoms with Crippen LogP contribution in [0.3, 0.4) is 0 Å². The van der Waals surface area contributed by atoms with Crippen LogP contribution in [0.4, 0.5) is 11.4 Å². The number of amides is 1. The van der Waals surface area contributed by atoms with Crippen LogP contribution in [0.5, 0.6) is 5.75 Å². The molecule has 1 amide bonds. The third-order valence-electron chi connectivity index (χ3n) is 4.79. The van der Waals surface area contributed by atoms with E-state index in [0.717, 1.165) is 42.1 Å². The van der Waals surface area contributed by atoms with E-state index in [2.05, 4.69) is 43.2 Å². The van der Waals surface area contributed by atoms with Crippen molar-refractivity contribution in [2.24, 2.45) is 0 Å². The van der Waals surface area contributed by atoms with Gasteiger partial charge in [-0.3, -0.25) is 9.69 Å². The summed E-state index contributed by atoms with van der Waals surface area (Å²) in [6.07, 6.45) is 0. The van der Waals surface area contributed by atoms with E-state index in [-0.39, 0.29) is 11.9 Å². The smallest absolute Gasteiger partial charge is 0.241 e. The summed E-state index contributed by atoms with van der Waals surface area (Å²) in [4.78, 5) is 17.1. The van der Waals surface area contributed by atoms with E-state index in [4.69, 9.17) is 4.74 Å².